The molecule has 6 heteroatoms. The van der Waals surface area contributed by atoms with E-state index in [0.29, 0.717) is 6.61 Å². The lowest BCUT2D eigenvalue weighted by molar-refractivity contribution is -0.126. The van der Waals surface area contributed by atoms with E-state index in [9.17, 15) is 4.79 Å². The van der Waals surface area contributed by atoms with Crippen molar-refractivity contribution in [2.45, 2.75) is 13.0 Å². The molecule has 3 aromatic rings. The number of likely N-dealkylation sites (N-methyl/N-ethyl adjacent to an activating group) is 1. The van der Waals surface area contributed by atoms with Gasteiger partial charge in [-0.25, -0.2) is 4.98 Å². The van der Waals surface area contributed by atoms with Crippen LogP contribution in [0.2, 0.25) is 0 Å². The lowest BCUT2D eigenvalue weighted by Crippen LogP contribution is -2.28. The molecule has 2 N–H and O–H groups in total. The third-order valence-electron chi connectivity index (χ3n) is 4.87. The van der Waals surface area contributed by atoms with E-state index in [0.717, 1.165) is 40.3 Å². The molecule has 1 aliphatic rings. The largest absolute Gasteiger partial charge is 0.488 e. The molecule has 6 nitrogen and oxygen atoms in total. The number of benzene rings is 1. The Kier molecular flexibility index (Phi) is 4.54. The second-order valence-corrected chi connectivity index (χ2v) is 6.66. The highest BCUT2D eigenvalue weighted by molar-refractivity contribution is 5.92. The van der Waals surface area contributed by atoms with E-state index >= 15 is 0 Å². The van der Waals surface area contributed by atoms with Gasteiger partial charge in [-0.1, -0.05) is 18.2 Å². The molecule has 3 heterocycles. The van der Waals surface area contributed by atoms with E-state index in [4.69, 9.17) is 4.74 Å². The normalized spacial score (nSPS) is 14.4. The summed E-state index contributed by atoms with van der Waals surface area (Å²) in [6.45, 7) is 3.38. The fourth-order valence-electron chi connectivity index (χ4n) is 3.13. The number of hydrogen-bond donors (Lipinski definition) is 2. The quantitative estimate of drug-likeness (QED) is 0.696. The minimum Gasteiger partial charge on any atom is -0.488 e. The Balaban J connectivity index is 1.47. The van der Waals surface area contributed by atoms with Crippen LogP contribution in [-0.4, -0.2) is 41.0 Å². The molecule has 0 saturated heterocycles. The Morgan fingerprint density at radius 3 is 3.04 bits per heavy atom. The van der Waals surface area contributed by atoms with Gasteiger partial charge in [-0.15, -0.1) is 0 Å². The summed E-state index contributed by atoms with van der Waals surface area (Å²) >= 11 is 0. The van der Waals surface area contributed by atoms with Gasteiger partial charge in [0.15, 0.2) is 11.6 Å². The van der Waals surface area contributed by atoms with Crippen molar-refractivity contribution >= 4 is 28.7 Å². The molecule has 138 valence electrons. The minimum atomic E-state index is -0.0714. The average Bonchev–Trinajstić information content (AvgIpc) is 3.15. The van der Waals surface area contributed by atoms with Crippen molar-refractivity contribution in [1.82, 2.24) is 14.9 Å². The topological polar surface area (TPSA) is 70.2 Å². The molecule has 1 amide bonds. The van der Waals surface area contributed by atoms with Gasteiger partial charge >= 0.3 is 0 Å². The smallest absolute Gasteiger partial charge is 0.246 e. The number of fused-ring (bicyclic) bond motifs is 2. The third-order valence-corrected chi connectivity index (χ3v) is 4.87. The zero-order valence-corrected chi connectivity index (χ0v) is 15.4. The first-order chi connectivity index (χ1) is 13.1. The van der Waals surface area contributed by atoms with Crippen LogP contribution in [0.1, 0.15) is 24.2 Å². The first-order valence-corrected chi connectivity index (χ1v) is 9.01. The number of H-pyrrole nitrogens is 1. The number of hydrogen-bond acceptors (Lipinski definition) is 4. The molecule has 27 heavy (non-hydrogen) atoms. The number of pyridine rings is 1. The highest BCUT2D eigenvalue weighted by Gasteiger charge is 2.17. The highest BCUT2D eigenvalue weighted by atomic mass is 16.5. The summed E-state index contributed by atoms with van der Waals surface area (Å²) in [5.74, 6) is 1.39. The van der Waals surface area contributed by atoms with E-state index in [1.165, 1.54) is 0 Å². The standard InChI is InChI=1S/C21H22N4O2/c1-14(18-12-16-5-3-4-6-17(16)24-18)25(2)20(26)8-7-15-11-19-21(23-13-15)22-9-10-27-19/h3-8,11-14,24H,9-10H2,1-2H3,(H,22,23). The lowest BCUT2D eigenvalue weighted by Gasteiger charge is -2.23. The predicted octanol–water partition coefficient (Wildman–Crippen LogP) is 3.60. The number of anilines is 1. The Hall–Kier alpha value is -3.28. The Labute approximate surface area is 157 Å². The first-order valence-electron chi connectivity index (χ1n) is 9.01. The molecule has 0 saturated carbocycles. The van der Waals surface area contributed by atoms with Gasteiger partial charge in [0.05, 0.1) is 12.6 Å². The number of rotatable bonds is 4. The molecule has 4 rings (SSSR count). The summed E-state index contributed by atoms with van der Waals surface area (Å²) in [7, 11) is 1.81. The molecule has 0 fully saturated rings. The maximum atomic E-state index is 12.6. The fraction of sp³-hybridized carbons (Fsp3) is 0.238. The van der Waals surface area contributed by atoms with E-state index in [1.54, 1.807) is 30.3 Å². The first kappa shape index (κ1) is 17.1. The van der Waals surface area contributed by atoms with Crippen molar-refractivity contribution in [1.29, 1.82) is 0 Å². The number of nitrogens with zero attached hydrogens (tertiary/aromatic N) is 2. The molecule has 1 atom stereocenters. The zero-order valence-electron chi connectivity index (χ0n) is 15.4. The summed E-state index contributed by atoms with van der Waals surface area (Å²) in [4.78, 5) is 22.0. The fourth-order valence-corrected chi connectivity index (χ4v) is 3.13. The lowest BCUT2D eigenvalue weighted by atomic mass is 10.2. The molecule has 1 aromatic carbocycles. The molecule has 0 spiro atoms. The summed E-state index contributed by atoms with van der Waals surface area (Å²) < 4.78 is 5.58. The third kappa shape index (κ3) is 3.51. The summed E-state index contributed by atoms with van der Waals surface area (Å²) in [5.41, 5.74) is 2.91. The monoisotopic (exact) mass is 362 g/mol. The Morgan fingerprint density at radius 2 is 2.19 bits per heavy atom. The number of carbonyl (C=O) groups is 1. The predicted molar refractivity (Wildman–Crippen MR) is 107 cm³/mol. The molecule has 0 bridgehead atoms. The summed E-state index contributed by atoms with van der Waals surface area (Å²) in [6.07, 6.45) is 5.06. The molecular weight excluding hydrogens is 340 g/mol. The van der Waals surface area contributed by atoms with Gasteiger partial charge in [-0.3, -0.25) is 4.79 Å². The van der Waals surface area contributed by atoms with Crippen molar-refractivity contribution in [2.24, 2.45) is 0 Å². The van der Waals surface area contributed by atoms with Crippen molar-refractivity contribution in [3.8, 4) is 5.75 Å². The second kappa shape index (κ2) is 7.15. The average molecular weight is 362 g/mol. The van der Waals surface area contributed by atoms with Crippen LogP contribution in [0, 0.1) is 0 Å². The van der Waals surface area contributed by atoms with E-state index in [1.807, 2.05) is 31.2 Å². The number of nitrogens with one attached hydrogen (secondary N) is 2. The van der Waals surface area contributed by atoms with Crippen molar-refractivity contribution < 1.29 is 9.53 Å². The van der Waals surface area contributed by atoms with Crippen LogP contribution >= 0.6 is 0 Å². The SMILES string of the molecule is CC(c1cc2ccccc2[nH]1)N(C)C(=O)C=Cc1cnc2c(c1)OCCN2. The Bertz CT molecular complexity index is 975. The van der Waals surface area contributed by atoms with Gasteiger partial charge in [0, 0.05) is 30.5 Å². The zero-order chi connectivity index (χ0) is 18.8. The van der Waals surface area contributed by atoms with Gasteiger partial charge in [0.2, 0.25) is 5.91 Å². The van der Waals surface area contributed by atoms with Crippen LogP contribution in [0.4, 0.5) is 5.82 Å². The number of aromatic amines is 1. The van der Waals surface area contributed by atoms with Crippen molar-refractivity contribution in [3.63, 3.8) is 0 Å². The van der Waals surface area contributed by atoms with Crippen molar-refractivity contribution in [3.05, 3.63) is 59.9 Å². The molecule has 1 aliphatic heterocycles. The van der Waals surface area contributed by atoms with Crippen LogP contribution in [0.3, 0.4) is 0 Å². The Morgan fingerprint density at radius 1 is 1.33 bits per heavy atom. The van der Waals surface area contributed by atoms with E-state index in [2.05, 4.69) is 27.4 Å². The van der Waals surface area contributed by atoms with Gasteiger partial charge in [-0.05, 0) is 42.1 Å². The molecule has 1 unspecified atom stereocenters. The van der Waals surface area contributed by atoms with Crippen LogP contribution in [-0.2, 0) is 4.79 Å². The number of ether oxygens (including phenoxy) is 1. The number of para-hydroxylation sites is 1. The van der Waals surface area contributed by atoms with E-state index < -0.39 is 0 Å². The second-order valence-electron chi connectivity index (χ2n) is 6.66. The van der Waals surface area contributed by atoms with Gasteiger partial charge in [0.25, 0.3) is 0 Å². The molecule has 2 aromatic heterocycles. The highest BCUT2D eigenvalue weighted by Crippen LogP contribution is 2.26. The van der Waals surface area contributed by atoms with Crippen LogP contribution < -0.4 is 10.1 Å². The van der Waals surface area contributed by atoms with Crippen molar-refractivity contribution in [2.75, 3.05) is 25.5 Å². The minimum absolute atomic E-state index is 0.0660. The van der Waals surface area contributed by atoms with Gasteiger partial charge in [0.1, 0.15) is 6.61 Å². The maximum absolute atomic E-state index is 12.6. The maximum Gasteiger partial charge on any atom is 0.246 e. The number of aromatic nitrogens is 2. The van der Waals surface area contributed by atoms with Gasteiger partial charge in [-0.2, -0.15) is 0 Å². The van der Waals surface area contributed by atoms with E-state index in [-0.39, 0.29) is 11.9 Å². The van der Waals surface area contributed by atoms with Gasteiger partial charge < -0.3 is 19.9 Å². The molecule has 0 radical (unpaired) electrons. The number of amides is 1. The molecular formula is C21H22N4O2. The summed E-state index contributed by atoms with van der Waals surface area (Å²) in [6, 6.07) is 12.0. The van der Waals surface area contributed by atoms with Crippen LogP contribution in [0.15, 0.2) is 48.7 Å². The number of carbonyl (C=O) groups excluding carboxylic acids is 1. The van der Waals surface area contributed by atoms with Crippen LogP contribution in [0.5, 0.6) is 5.75 Å². The summed E-state index contributed by atoms with van der Waals surface area (Å²) in [5, 5.41) is 4.32. The molecule has 0 aliphatic carbocycles. The van der Waals surface area contributed by atoms with Crippen LogP contribution in [0.25, 0.3) is 17.0 Å².